The van der Waals surface area contributed by atoms with E-state index < -0.39 is 0 Å². The van der Waals surface area contributed by atoms with Crippen LogP contribution in [-0.2, 0) is 10.2 Å². The molecule has 0 heterocycles. The second kappa shape index (κ2) is 6.09. The van der Waals surface area contributed by atoms with E-state index in [0.717, 1.165) is 55.1 Å². The van der Waals surface area contributed by atoms with Crippen LogP contribution in [0.15, 0.2) is 28.7 Å². The second-order valence-electron chi connectivity index (χ2n) is 6.47. The third kappa shape index (κ3) is 3.32. The third-order valence-electron chi connectivity index (χ3n) is 4.95. The van der Waals surface area contributed by atoms with E-state index in [2.05, 4.69) is 21.2 Å². The number of aliphatic hydroxyl groups is 1. The molecule has 0 unspecified atom stereocenters. The molecular weight excluding hydrogens is 330 g/mol. The molecule has 3 nitrogen and oxygen atoms in total. The summed E-state index contributed by atoms with van der Waals surface area (Å²) in [6, 6.07) is 8.11. The van der Waals surface area contributed by atoms with Crippen LogP contribution >= 0.6 is 15.9 Å². The molecule has 0 atom stereocenters. The van der Waals surface area contributed by atoms with Gasteiger partial charge < -0.3 is 10.4 Å². The number of amides is 1. The van der Waals surface area contributed by atoms with Crippen molar-refractivity contribution in [2.24, 2.45) is 5.92 Å². The molecule has 2 saturated carbocycles. The van der Waals surface area contributed by atoms with E-state index in [-0.39, 0.29) is 17.4 Å². The first-order valence-corrected chi connectivity index (χ1v) is 8.62. The molecule has 0 saturated heterocycles. The van der Waals surface area contributed by atoms with E-state index >= 15 is 0 Å². The highest BCUT2D eigenvalue weighted by Crippen LogP contribution is 2.48. The Hall–Kier alpha value is -0.870. The summed E-state index contributed by atoms with van der Waals surface area (Å²) in [7, 11) is 0. The number of carbonyl (C=O) groups excluding carboxylic acids is 1. The first-order chi connectivity index (χ1) is 10.1. The minimum atomic E-state index is -0.283. The summed E-state index contributed by atoms with van der Waals surface area (Å²) in [5.74, 6) is 0.703. The smallest absolute Gasteiger partial charge is 0.230 e. The molecule has 114 valence electrons. The Morgan fingerprint density at radius 1 is 1.19 bits per heavy atom. The summed E-state index contributed by atoms with van der Waals surface area (Å²) in [5.41, 5.74) is 0.844. The first kappa shape index (κ1) is 15.0. The van der Waals surface area contributed by atoms with Gasteiger partial charge in [-0.3, -0.25) is 4.79 Å². The van der Waals surface area contributed by atoms with Crippen molar-refractivity contribution in [2.45, 2.75) is 50.0 Å². The van der Waals surface area contributed by atoms with Gasteiger partial charge in [-0.2, -0.15) is 0 Å². The highest BCUT2D eigenvalue weighted by Gasteiger charge is 2.51. The molecule has 3 rings (SSSR count). The summed E-state index contributed by atoms with van der Waals surface area (Å²) in [4.78, 5) is 12.5. The molecule has 2 N–H and O–H groups in total. The summed E-state index contributed by atoms with van der Waals surface area (Å²) in [5, 5.41) is 12.7. The van der Waals surface area contributed by atoms with Crippen LogP contribution in [0.3, 0.4) is 0 Å². The van der Waals surface area contributed by atoms with Gasteiger partial charge in [0.25, 0.3) is 0 Å². The van der Waals surface area contributed by atoms with Gasteiger partial charge >= 0.3 is 0 Å². The SMILES string of the molecule is O=C(NCC1CCC(O)CC1)C1(c2ccc(Br)cc2)CC1. The Kier molecular flexibility index (Phi) is 4.36. The largest absolute Gasteiger partial charge is 0.393 e. The van der Waals surface area contributed by atoms with Crippen LogP contribution in [0.5, 0.6) is 0 Å². The minimum Gasteiger partial charge on any atom is -0.393 e. The standard InChI is InChI=1S/C17H22BrNO2/c18-14-5-3-13(4-6-14)17(9-10-17)16(21)19-11-12-1-7-15(20)8-2-12/h3-6,12,15,20H,1-2,7-11H2,(H,19,21). The van der Waals surface area contributed by atoms with Gasteiger partial charge in [-0.1, -0.05) is 28.1 Å². The average Bonchev–Trinajstić information content (AvgIpc) is 3.29. The molecule has 21 heavy (non-hydrogen) atoms. The van der Waals surface area contributed by atoms with Crippen molar-refractivity contribution < 1.29 is 9.90 Å². The summed E-state index contributed by atoms with van der Waals surface area (Å²) in [6.45, 7) is 0.754. The number of benzene rings is 1. The van der Waals surface area contributed by atoms with Crippen LogP contribution in [0.25, 0.3) is 0 Å². The molecule has 1 aromatic rings. The van der Waals surface area contributed by atoms with Crippen molar-refractivity contribution in [3.05, 3.63) is 34.3 Å². The molecule has 0 aliphatic heterocycles. The van der Waals surface area contributed by atoms with E-state index in [9.17, 15) is 9.90 Å². The molecule has 2 aliphatic carbocycles. The zero-order chi connectivity index (χ0) is 14.9. The van der Waals surface area contributed by atoms with Crippen molar-refractivity contribution >= 4 is 21.8 Å². The Morgan fingerprint density at radius 3 is 2.38 bits per heavy atom. The Labute approximate surface area is 134 Å². The van der Waals surface area contributed by atoms with E-state index in [0.29, 0.717) is 5.92 Å². The highest BCUT2D eigenvalue weighted by atomic mass is 79.9. The van der Waals surface area contributed by atoms with E-state index in [4.69, 9.17) is 0 Å². The summed E-state index contributed by atoms with van der Waals surface area (Å²) in [6.07, 6.45) is 5.55. The number of hydrogen-bond donors (Lipinski definition) is 2. The van der Waals surface area contributed by atoms with Gasteiger partial charge in [0.1, 0.15) is 0 Å². The number of nitrogens with one attached hydrogen (secondary N) is 1. The van der Waals surface area contributed by atoms with Crippen LogP contribution in [-0.4, -0.2) is 23.7 Å². The van der Waals surface area contributed by atoms with E-state index in [1.54, 1.807) is 0 Å². The van der Waals surface area contributed by atoms with Crippen molar-refractivity contribution in [3.8, 4) is 0 Å². The molecule has 2 fully saturated rings. The maximum atomic E-state index is 12.5. The molecule has 4 heteroatoms. The predicted octanol–water partition coefficient (Wildman–Crippen LogP) is 3.15. The van der Waals surface area contributed by atoms with Gasteiger partial charge in [0, 0.05) is 11.0 Å². The lowest BCUT2D eigenvalue weighted by Gasteiger charge is -2.26. The lowest BCUT2D eigenvalue weighted by Crippen LogP contribution is -2.38. The zero-order valence-corrected chi connectivity index (χ0v) is 13.7. The van der Waals surface area contributed by atoms with E-state index in [1.807, 2.05) is 24.3 Å². The Morgan fingerprint density at radius 2 is 1.81 bits per heavy atom. The number of carbonyl (C=O) groups is 1. The van der Waals surface area contributed by atoms with Crippen molar-refractivity contribution in [1.29, 1.82) is 0 Å². The van der Waals surface area contributed by atoms with Gasteiger partial charge in [0.05, 0.1) is 11.5 Å². The topological polar surface area (TPSA) is 49.3 Å². The van der Waals surface area contributed by atoms with Crippen LogP contribution in [0.2, 0.25) is 0 Å². The quantitative estimate of drug-likeness (QED) is 0.875. The molecule has 0 spiro atoms. The fourth-order valence-electron chi connectivity index (χ4n) is 3.30. The fraction of sp³-hybridized carbons (Fsp3) is 0.588. The van der Waals surface area contributed by atoms with Crippen LogP contribution in [0.1, 0.15) is 44.1 Å². The van der Waals surface area contributed by atoms with Crippen LogP contribution < -0.4 is 5.32 Å². The summed E-state index contributed by atoms with van der Waals surface area (Å²) >= 11 is 3.44. The van der Waals surface area contributed by atoms with Gasteiger partial charge in [-0.25, -0.2) is 0 Å². The Balaban J connectivity index is 1.56. The predicted molar refractivity (Wildman–Crippen MR) is 86.0 cm³/mol. The van der Waals surface area contributed by atoms with Crippen molar-refractivity contribution in [2.75, 3.05) is 6.54 Å². The molecular formula is C17H22BrNO2. The van der Waals surface area contributed by atoms with Gasteiger partial charge in [0.2, 0.25) is 5.91 Å². The van der Waals surface area contributed by atoms with Crippen molar-refractivity contribution in [3.63, 3.8) is 0 Å². The normalized spacial score (nSPS) is 27.1. The Bertz CT molecular complexity index is 502. The number of halogens is 1. The minimum absolute atomic E-state index is 0.130. The molecule has 0 aromatic heterocycles. The molecule has 1 amide bonds. The maximum absolute atomic E-state index is 12.5. The van der Waals surface area contributed by atoms with Gasteiger partial charge in [0.15, 0.2) is 0 Å². The molecule has 2 aliphatic rings. The third-order valence-corrected chi connectivity index (χ3v) is 5.48. The first-order valence-electron chi connectivity index (χ1n) is 7.82. The van der Waals surface area contributed by atoms with Gasteiger partial charge in [-0.15, -0.1) is 0 Å². The van der Waals surface area contributed by atoms with Crippen LogP contribution in [0, 0.1) is 5.92 Å². The van der Waals surface area contributed by atoms with E-state index in [1.165, 1.54) is 0 Å². The number of aliphatic hydroxyl groups excluding tert-OH is 1. The maximum Gasteiger partial charge on any atom is 0.230 e. The van der Waals surface area contributed by atoms with Crippen molar-refractivity contribution in [1.82, 2.24) is 5.32 Å². The summed E-state index contributed by atoms with van der Waals surface area (Å²) < 4.78 is 1.04. The monoisotopic (exact) mass is 351 g/mol. The highest BCUT2D eigenvalue weighted by molar-refractivity contribution is 9.10. The lowest BCUT2D eigenvalue weighted by atomic mass is 9.87. The second-order valence-corrected chi connectivity index (χ2v) is 7.39. The van der Waals surface area contributed by atoms with Crippen LogP contribution in [0.4, 0.5) is 0 Å². The molecule has 0 radical (unpaired) electrons. The fourth-order valence-corrected chi connectivity index (χ4v) is 3.56. The molecule has 0 bridgehead atoms. The molecule has 1 aromatic carbocycles. The number of rotatable bonds is 4. The van der Waals surface area contributed by atoms with Gasteiger partial charge in [-0.05, 0) is 62.1 Å². The average molecular weight is 352 g/mol. The lowest BCUT2D eigenvalue weighted by molar-refractivity contribution is -0.123. The zero-order valence-electron chi connectivity index (χ0n) is 12.1. The number of hydrogen-bond acceptors (Lipinski definition) is 2.